The largest absolute Gasteiger partial charge is 0.333 e. The summed E-state index contributed by atoms with van der Waals surface area (Å²) in [5.41, 5.74) is 1.44. The minimum Gasteiger partial charge on any atom is -0.333 e. The van der Waals surface area contributed by atoms with Crippen LogP contribution in [0.4, 0.5) is 5.69 Å². The second-order valence-electron chi connectivity index (χ2n) is 8.12. The lowest BCUT2D eigenvalue weighted by molar-refractivity contribution is -0.129. The van der Waals surface area contributed by atoms with Gasteiger partial charge in [-0.2, -0.15) is 0 Å². The Balaban J connectivity index is 1.67. The average molecular weight is 461 g/mol. The maximum absolute atomic E-state index is 13.3. The van der Waals surface area contributed by atoms with E-state index < -0.39 is 5.54 Å². The van der Waals surface area contributed by atoms with Crippen molar-refractivity contribution in [3.8, 4) is 0 Å². The Hall–Kier alpha value is -2.12. The zero-order valence-electron chi connectivity index (χ0n) is 17.7. The summed E-state index contributed by atoms with van der Waals surface area (Å²) < 4.78 is 0. The molecule has 1 atom stereocenters. The summed E-state index contributed by atoms with van der Waals surface area (Å²) in [7, 11) is 0. The Morgan fingerprint density at radius 2 is 1.74 bits per heavy atom. The molecule has 0 saturated carbocycles. The van der Waals surface area contributed by atoms with Gasteiger partial charge < -0.3 is 15.5 Å². The van der Waals surface area contributed by atoms with Crippen LogP contribution in [0.3, 0.4) is 0 Å². The fraction of sp³-hybridized carbons (Fsp3) is 0.391. The van der Waals surface area contributed by atoms with Gasteiger partial charge in [0.05, 0.1) is 6.54 Å². The van der Waals surface area contributed by atoms with Gasteiger partial charge in [-0.3, -0.25) is 14.5 Å². The summed E-state index contributed by atoms with van der Waals surface area (Å²) in [4.78, 5) is 31.0. The van der Waals surface area contributed by atoms with Crippen molar-refractivity contribution in [2.75, 3.05) is 44.6 Å². The fourth-order valence-electron chi connectivity index (χ4n) is 4.33. The monoisotopic (exact) mass is 460 g/mol. The predicted molar refractivity (Wildman–Crippen MR) is 124 cm³/mol. The zero-order valence-corrected chi connectivity index (χ0v) is 19.2. The number of rotatable bonds is 5. The highest BCUT2D eigenvalue weighted by Crippen LogP contribution is 2.43. The molecule has 2 aromatic carbocycles. The molecule has 2 aliphatic rings. The number of fused-ring (bicyclic) bond motifs is 1. The van der Waals surface area contributed by atoms with E-state index >= 15 is 0 Å². The molecule has 2 amide bonds. The van der Waals surface area contributed by atoms with Crippen LogP contribution in [0.1, 0.15) is 23.6 Å². The molecular formula is C23H26Cl2N4O2. The van der Waals surface area contributed by atoms with Crippen LogP contribution >= 0.6 is 23.2 Å². The quantitative estimate of drug-likeness (QED) is 0.718. The van der Waals surface area contributed by atoms with Crippen LogP contribution < -0.4 is 10.6 Å². The van der Waals surface area contributed by atoms with E-state index in [0.717, 1.165) is 38.3 Å². The number of carbonyl (C=O) groups excluding carboxylic acids is 2. The summed E-state index contributed by atoms with van der Waals surface area (Å²) >= 11 is 12.4. The van der Waals surface area contributed by atoms with Gasteiger partial charge >= 0.3 is 0 Å². The lowest BCUT2D eigenvalue weighted by Crippen LogP contribution is -2.55. The highest BCUT2D eigenvalue weighted by Gasteiger charge is 2.50. The maximum Gasteiger partial charge on any atom is 0.259 e. The highest BCUT2D eigenvalue weighted by atomic mass is 35.5. The number of likely N-dealkylation sites (N-methyl/N-ethyl adjacent to an activating group) is 1. The molecule has 0 radical (unpaired) electrons. The first-order valence-corrected chi connectivity index (χ1v) is 11.2. The van der Waals surface area contributed by atoms with Gasteiger partial charge in [0.2, 0.25) is 5.91 Å². The molecule has 0 spiro atoms. The number of piperazine rings is 1. The molecule has 4 rings (SSSR count). The first-order chi connectivity index (χ1) is 14.8. The van der Waals surface area contributed by atoms with Crippen molar-refractivity contribution in [2.24, 2.45) is 0 Å². The summed E-state index contributed by atoms with van der Waals surface area (Å²) in [5.74, 6) is -0.508. The second-order valence-corrected chi connectivity index (χ2v) is 8.96. The number of nitrogens with zero attached hydrogens (tertiary/aromatic N) is 2. The first-order valence-electron chi connectivity index (χ1n) is 10.5. The van der Waals surface area contributed by atoms with Crippen molar-refractivity contribution >= 4 is 40.7 Å². The van der Waals surface area contributed by atoms with Gasteiger partial charge in [-0.15, -0.1) is 0 Å². The normalized spacial score (nSPS) is 21.6. The summed E-state index contributed by atoms with van der Waals surface area (Å²) in [5, 5.41) is 7.08. The van der Waals surface area contributed by atoms with Crippen molar-refractivity contribution in [3.63, 3.8) is 0 Å². The van der Waals surface area contributed by atoms with Crippen LogP contribution in [-0.2, 0) is 15.1 Å². The third-order valence-corrected chi connectivity index (χ3v) is 6.83. The Bertz CT molecular complexity index is 1000. The van der Waals surface area contributed by atoms with Gasteiger partial charge in [0.1, 0.15) is 0 Å². The van der Waals surface area contributed by atoms with E-state index in [2.05, 4.69) is 27.4 Å². The number of hydrogen-bond donors (Lipinski definition) is 2. The van der Waals surface area contributed by atoms with Gasteiger partial charge in [0.25, 0.3) is 5.91 Å². The van der Waals surface area contributed by atoms with E-state index in [1.807, 2.05) is 13.0 Å². The van der Waals surface area contributed by atoms with Crippen molar-refractivity contribution < 1.29 is 9.59 Å². The number of carbonyl (C=O) groups is 2. The van der Waals surface area contributed by atoms with Gasteiger partial charge in [-0.1, -0.05) is 42.3 Å². The highest BCUT2D eigenvalue weighted by molar-refractivity contribution is 6.32. The summed E-state index contributed by atoms with van der Waals surface area (Å²) in [6.45, 7) is 8.80. The number of halogens is 2. The smallest absolute Gasteiger partial charge is 0.259 e. The van der Waals surface area contributed by atoms with Crippen molar-refractivity contribution in [3.05, 3.63) is 63.1 Å². The van der Waals surface area contributed by atoms with Crippen LogP contribution in [0.2, 0.25) is 10.0 Å². The maximum atomic E-state index is 13.3. The zero-order chi connectivity index (χ0) is 22.2. The predicted octanol–water partition coefficient (Wildman–Crippen LogP) is 3.25. The first kappa shape index (κ1) is 22.1. The number of benzene rings is 2. The van der Waals surface area contributed by atoms with E-state index in [1.54, 1.807) is 30.3 Å². The average Bonchev–Trinajstić information content (AvgIpc) is 3.00. The number of amides is 2. The summed E-state index contributed by atoms with van der Waals surface area (Å²) in [6.07, 6.45) is 0. The molecule has 8 heteroatoms. The third kappa shape index (κ3) is 4.17. The Morgan fingerprint density at radius 3 is 2.39 bits per heavy atom. The molecule has 164 valence electrons. The second kappa shape index (κ2) is 8.79. The molecule has 1 saturated heterocycles. The van der Waals surface area contributed by atoms with Crippen LogP contribution in [0.5, 0.6) is 0 Å². The van der Waals surface area contributed by atoms with Crippen LogP contribution in [0.25, 0.3) is 0 Å². The standard InChI is InChI=1S/C23H26Cl2N4O2/c1-3-28-8-10-29(11-9-28)14-21(30)27-23(16-4-6-17(24)7-5-16)18-12-15(2)19(25)13-20(18)26-22(23)31/h4-7,12-13H,3,8-11,14H2,1-2H3,(H,26,31)(H,27,30). The SMILES string of the molecule is CCN1CCN(CC(=O)NC2(c3ccc(Cl)cc3)C(=O)Nc3cc(Cl)c(C)cc32)CC1. The van der Waals surface area contributed by atoms with E-state index in [4.69, 9.17) is 23.2 Å². The molecule has 0 bridgehead atoms. The van der Waals surface area contributed by atoms with Crippen molar-refractivity contribution in [1.29, 1.82) is 0 Å². The topological polar surface area (TPSA) is 64.7 Å². The molecule has 2 aliphatic heterocycles. The van der Waals surface area contributed by atoms with E-state index in [1.165, 1.54) is 0 Å². The van der Waals surface area contributed by atoms with Crippen LogP contribution in [0, 0.1) is 6.92 Å². The number of anilines is 1. The van der Waals surface area contributed by atoms with Gasteiger partial charge in [0, 0.05) is 47.5 Å². The minimum atomic E-state index is -1.34. The Kier molecular flexibility index (Phi) is 6.26. The van der Waals surface area contributed by atoms with Gasteiger partial charge in [-0.25, -0.2) is 0 Å². The molecule has 2 heterocycles. The van der Waals surface area contributed by atoms with E-state index in [9.17, 15) is 9.59 Å². The van der Waals surface area contributed by atoms with E-state index in [0.29, 0.717) is 26.9 Å². The van der Waals surface area contributed by atoms with Gasteiger partial charge in [-0.05, 0) is 48.9 Å². The molecule has 31 heavy (non-hydrogen) atoms. The Morgan fingerprint density at radius 1 is 1.10 bits per heavy atom. The molecule has 2 N–H and O–H groups in total. The molecule has 1 fully saturated rings. The number of aryl methyl sites for hydroxylation is 1. The van der Waals surface area contributed by atoms with Crippen molar-refractivity contribution in [2.45, 2.75) is 19.4 Å². The molecule has 6 nitrogen and oxygen atoms in total. The lowest BCUT2D eigenvalue weighted by atomic mass is 9.83. The fourth-order valence-corrected chi connectivity index (χ4v) is 4.62. The summed E-state index contributed by atoms with van der Waals surface area (Å²) in [6, 6.07) is 10.6. The Labute approximate surface area is 192 Å². The lowest BCUT2D eigenvalue weighted by Gasteiger charge is -2.35. The van der Waals surface area contributed by atoms with Crippen LogP contribution in [0.15, 0.2) is 36.4 Å². The third-order valence-electron chi connectivity index (χ3n) is 6.18. The number of nitrogens with one attached hydrogen (secondary N) is 2. The minimum absolute atomic E-state index is 0.199. The molecule has 2 aromatic rings. The van der Waals surface area contributed by atoms with Gasteiger partial charge in [0.15, 0.2) is 5.54 Å². The van der Waals surface area contributed by atoms with E-state index in [-0.39, 0.29) is 18.4 Å². The molecule has 0 aromatic heterocycles. The van der Waals surface area contributed by atoms with Crippen molar-refractivity contribution in [1.82, 2.24) is 15.1 Å². The van der Waals surface area contributed by atoms with Crippen LogP contribution in [-0.4, -0.2) is 60.9 Å². The molecular weight excluding hydrogens is 435 g/mol. The molecule has 1 unspecified atom stereocenters. The molecule has 0 aliphatic carbocycles. The number of hydrogen-bond acceptors (Lipinski definition) is 4.